The smallest absolute Gasteiger partial charge is 0.407 e. The van der Waals surface area contributed by atoms with Crippen molar-refractivity contribution in [2.24, 2.45) is 0 Å². The Morgan fingerprint density at radius 2 is 2.18 bits per heavy atom. The number of benzene rings is 1. The van der Waals surface area contributed by atoms with Gasteiger partial charge in [0.1, 0.15) is 12.4 Å². The summed E-state index contributed by atoms with van der Waals surface area (Å²) in [7, 11) is 1.58. The lowest BCUT2D eigenvalue weighted by Crippen LogP contribution is -2.28. The third-order valence-corrected chi connectivity index (χ3v) is 2.26. The van der Waals surface area contributed by atoms with Gasteiger partial charge in [0.2, 0.25) is 0 Å². The van der Waals surface area contributed by atoms with Gasteiger partial charge in [-0.1, -0.05) is 18.2 Å². The lowest BCUT2D eigenvalue weighted by molar-refractivity contribution is 0.116. The van der Waals surface area contributed by atoms with Crippen LogP contribution in [0.5, 0.6) is 5.75 Å². The summed E-state index contributed by atoms with van der Waals surface area (Å²) < 4.78 is 9.91. The van der Waals surface area contributed by atoms with E-state index in [4.69, 9.17) is 14.6 Å². The minimum atomic E-state index is -0.558. The number of ether oxygens (including phenoxy) is 2. The maximum absolute atomic E-state index is 11.3. The number of carbonyl (C=O) groups is 1. The largest absolute Gasteiger partial charge is 0.496 e. The summed E-state index contributed by atoms with van der Waals surface area (Å²) in [5.41, 5.74) is 0.871. The van der Waals surface area contributed by atoms with Crippen molar-refractivity contribution in [3.05, 3.63) is 29.8 Å². The third kappa shape index (κ3) is 3.96. The van der Waals surface area contributed by atoms with Gasteiger partial charge in [-0.2, -0.15) is 0 Å². The second-order valence-electron chi connectivity index (χ2n) is 3.47. The Labute approximate surface area is 100 Å². The van der Waals surface area contributed by atoms with E-state index in [1.807, 2.05) is 31.2 Å². The fourth-order valence-electron chi connectivity index (χ4n) is 1.46. The van der Waals surface area contributed by atoms with Crippen LogP contribution in [0.1, 0.15) is 18.5 Å². The quantitative estimate of drug-likeness (QED) is 0.816. The summed E-state index contributed by atoms with van der Waals surface area (Å²) in [5, 5.41) is 11.2. The molecular weight excluding hydrogens is 222 g/mol. The lowest BCUT2D eigenvalue weighted by atomic mass is 10.1. The molecule has 0 saturated heterocycles. The lowest BCUT2D eigenvalue weighted by Gasteiger charge is -2.16. The first kappa shape index (κ1) is 13.3. The average molecular weight is 239 g/mol. The number of aliphatic hydroxyl groups excluding tert-OH is 1. The molecule has 5 heteroatoms. The molecule has 1 atom stereocenters. The number of hydrogen-bond acceptors (Lipinski definition) is 4. The Balaban J connectivity index is 2.62. The number of amides is 1. The highest BCUT2D eigenvalue weighted by Crippen LogP contribution is 2.24. The van der Waals surface area contributed by atoms with Crippen LogP contribution in [0, 0.1) is 0 Å². The zero-order chi connectivity index (χ0) is 12.7. The molecule has 0 fully saturated rings. The number of alkyl carbamates (subject to hydrolysis) is 1. The first-order valence-electron chi connectivity index (χ1n) is 5.36. The van der Waals surface area contributed by atoms with Gasteiger partial charge < -0.3 is 19.9 Å². The van der Waals surface area contributed by atoms with Crippen LogP contribution >= 0.6 is 0 Å². The fourth-order valence-corrected chi connectivity index (χ4v) is 1.46. The van der Waals surface area contributed by atoms with E-state index in [1.165, 1.54) is 0 Å². The van der Waals surface area contributed by atoms with E-state index in [-0.39, 0.29) is 19.3 Å². The van der Waals surface area contributed by atoms with E-state index < -0.39 is 6.09 Å². The maximum atomic E-state index is 11.3. The van der Waals surface area contributed by atoms with Crippen LogP contribution in [-0.2, 0) is 4.74 Å². The van der Waals surface area contributed by atoms with Gasteiger partial charge in [0.05, 0.1) is 19.8 Å². The topological polar surface area (TPSA) is 67.8 Å². The van der Waals surface area contributed by atoms with Gasteiger partial charge >= 0.3 is 6.09 Å². The van der Waals surface area contributed by atoms with E-state index in [1.54, 1.807) is 7.11 Å². The van der Waals surface area contributed by atoms with Gasteiger partial charge in [0.15, 0.2) is 0 Å². The number of carbonyl (C=O) groups excluding carboxylic acids is 1. The molecule has 0 heterocycles. The highest BCUT2D eigenvalue weighted by atomic mass is 16.6. The number of para-hydroxylation sites is 1. The van der Waals surface area contributed by atoms with Gasteiger partial charge in [0.25, 0.3) is 0 Å². The predicted octanol–water partition coefficient (Wildman–Crippen LogP) is 1.47. The molecule has 17 heavy (non-hydrogen) atoms. The minimum absolute atomic E-state index is 0.00945. The van der Waals surface area contributed by atoms with Crippen molar-refractivity contribution in [2.75, 3.05) is 20.3 Å². The van der Waals surface area contributed by atoms with E-state index in [0.717, 1.165) is 5.56 Å². The van der Waals surface area contributed by atoms with Crippen LogP contribution in [0.2, 0.25) is 0 Å². The Hall–Kier alpha value is -1.75. The molecule has 0 saturated carbocycles. The minimum Gasteiger partial charge on any atom is -0.496 e. The molecule has 0 radical (unpaired) electrons. The van der Waals surface area contributed by atoms with Crippen LogP contribution in [0.15, 0.2) is 24.3 Å². The summed E-state index contributed by atoms with van der Waals surface area (Å²) >= 11 is 0. The number of methoxy groups -OCH3 is 1. The summed E-state index contributed by atoms with van der Waals surface area (Å²) in [6.45, 7) is 1.64. The third-order valence-electron chi connectivity index (χ3n) is 2.26. The molecule has 0 bridgehead atoms. The molecule has 94 valence electrons. The fraction of sp³-hybridized carbons (Fsp3) is 0.417. The molecule has 1 amide bonds. The molecule has 0 aliphatic carbocycles. The molecular formula is C12H17NO4. The molecule has 1 rings (SSSR count). The van der Waals surface area contributed by atoms with E-state index >= 15 is 0 Å². The van der Waals surface area contributed by atoms with Gasteiger partial charge in [-0.25, -0.2) is 4.79 Å². The zero-order valence-corrected chi connectivity index (χ0v) is 9.97. The van der Waals surface area contributed by atoms with Crippen LogP contribution in [0.25, 0.3) is 0 Å². The second kappa shape index (κ2) is 6.75. The number of rotatable bonds is 5. The van der Waals surface area contributed by atoms with Crippen molar-refractivity contribution in [2.45, 2.75) is 13.0 Å². The van der Waals surface area contributed by atoms with Gasteiger partial charge in [-0.3, -0.25) is 0 Å². The molecule has 1 aromatic carbocycles. The van der Waals surface area contributed by atoms with Crippen LogP contribution in [0.3, 0.4) is 0 Å². The Kier molecular flexibility index (Phi) is 5.29. The molecule has 0 aromatic heterocycles. The summed E-state index contributed by atoms with van der Waals surface area (Å²) in [5.74, 6) is 0.711. The van der Waals surface area contributed by atoms with Gasteiger partial charge in [-0.05, 0) is 13.0 Å². The molecule has 0 unspecified atom stereocenters. The van der Waals surface area contributed by atoms with E-state index in [0.29, 0.717) is 5.75 Å². The number of aliphatic hydroxyl groups is 1. The Morgan fingerprint density at radius 3 is 2.82 bits per heavy atom. The van der Waals surface area contributed by atoms with Crippen molar-refractivity contribution in [1.29, 1.82) is 0 Å². The van der Waals surface area contributed by atoms with Crippen LogP contribution in [0.4, 0.5) is 4.79 Å². The van der Waals surface area contributed by atoms with Gasteiger partial charge in [0, 0.05) is 5.56 Å². The second-order valence-corrected chi connectivity index (χ2v) is 3.47. The van der Waals surface area contributed by atoms with Crippen molar-refractivity contribution >= 4 is 6.09 Å². The molecule has 0 spiro atoms. The monoisotopic (exact) mass is 239 g/mol. The summed E-state index contributed by atoms with van der Waals surface area (Å²) in [6.07, 6.45) is -0.558. The number of hydrogen-bond donors (Lipinski definition) is 2. The standard InChI is InChI=1S/C12H17NO4/c1-9(13-12(15)17-8-7-14)10-5-3-4-6-11(10)16-2/h3-6,9,14H,7-8H2,1-2H3,(H,13,15)/t9-/m1/s1. The van der Waals surface area contributed by atoms with E-state index in [9.17, 15) is 4.79 Å². The van der Waals surface area contributed by atoms with Crippen molar-refractivity contribution in [1.82, 2.24) is 5.32 Å². The SMILES string of the molecule is COc1ccccc1[C@@H](C)NC(=O)OCCO. The molecule has 0 aliphatic rings. The Bertz CT molecular complexity index is 367. The normalized spacial score (nSPS) is 11.7. The number of nitrogens with one attached hydrogen (secondary N) is 1. The summed E-state index contributed by atoms with van der Waals surface area (Å²) in [4.78, 5) is 11.3. The molecule has 2 N–H and O–H groups in total. The Morgan fingerprint density at radius 1 is 1.47 bits per heavy atom. The zero-order valence-electron chi connectivity index (χ0n) is 9.97. The first-order chi connectivity index (χ1) is 8.19. The van der Waals surface area contributed by atoms with E-state index in [2.05, 4.69) is 5.32 Å². The van der Waals surface area contributed by atoms with Crippen molar-refractivity contribution in [3.63, 3.8) is 0 Å². The molecule has 5 nitrogen and oxygen atoms in total. The summed E-state index contributed by atoms with van der Waals surface area (Å²) in [6, 6.07) is 7.20. The average Bonchev–Trinajstić information content (AvgIpc) is 2.36. The molecule has 1 aromatic rings. The van der Waals surface area contributed by atoms with Crippen molar-refractivity contribution < 1.29 is 19.4 Å². The molecule has 0 aliphatic heterocycles. The first-order valence-corrected chi connectivity index (χ1v) is 5.36. The predicted molar refractivity (Wildman–Crippen MR) is 63.0 cm³/mol. The van der Waals surface area contributed by atoms with Gasteiger partial charge in [-0.15, -0.1) is 0 Å². The maximum Gasteiger partial charge on any atom is 0.407 e. The van der Waals surface area contributed by atoms with Crippen LogP contribution in [-0.4, -0.2) is 31.5 Å². The van der Waals surface area contributed by atoms with Crippen LogP contribution < -0.4 is 10.1 Å². The highest BCUT2D eigenvalue weighted by Gasteiger charge is 2.13. The highest BCUT2D eigenvalue weighted by molar-refractivity contribution is 5.68. The van der Waals surface area contributed by atoms with Crippen molar-refractivity contribution in [3.8, 4) is 5.75 Å².